The van der Waals surface area contributed by atoms with E-state index < -0.39 is 16.9 Å². The van der Waals surface area contributed by atoms with Gasteiger partial charge in [0.25, 0.3) is 5.91 Å². The molecule has 1 heterocycles. The Balaban J connectivity index is 0.00000218. The molecule has 30 heavy (non-hydrogen) atoms. The SMILES string of the molecule is C[N+]1(CC2CCC2)CC[C@]23CC(=O)CC[C@@]2(O)[C@H]1Cc1ccc(C(N)=O)c(O)c13.[Y]. The fourth-order valence-electron chi connectivity index (χ4n) is 7.10. The summed E-state index contributed by atoms with van der Waals surface area (Å²) in [5, 5.41) is 23.3. The standard InChI is InChI=1S/C23H30N2O4.Y/c1-25(13-14-3-2-4-14)10-9-22-12-16(26)7-8-23(22,29)18(25)11-15-5-6-17(21(24)28)20(27)19(15)22;/h5-6,14,18,29H,2-4,7-13H2,1H3,(H2-,24,27,28);/p+1/t18-,22-,23-,25?;/m1./s1. The number of aromatic hydroxyl groups is 1. The Kier molecular flexibility index (Phi) is 5.49. The van der Waals surface area contributed by atoms with Gasteiger partial charge in [0.05, 0.1) is 25.7 Å². The van der Waals surface area contributed by atoms with E-state index in [9.17, 15) is 19.8 Å². The number of likely N-dealkylation sites (tertiary alicyclic amines) is 1. The number of quaternary nitrogens is 1. The number of aliphatic hydroxyl groups is 1. The molecule has 4 aliphatic rings. The summed E-state index contributed by atoms with van der Waals surface area (Å²) < 4.78 is 0.828. The van der Waals surface area contributed by atoms with Crippen LogP contribution in [0, 0.1) is 5.92 Å². The number of nitrogens with two attached hydrogens (primary N) is 1. The average molecular weight is 488 g/mol. The molecule has 3 fully saturated rings. The molecule has 2 bridgehead atoms. The van der Waals surface area contributed by atoms with Gasteiger partial charge in [-0.15, -0.1) is 0 Å². The molecule has 1 aliphatic heterocycles. The van der Waals surface area contributed by atoms with E-state index in [1.807, 2.05) is 6.07 Å². The molecule has 0 spiro atoms. The Morgan fingerprint density at radius 3 is 2.67 bits per heavy atom. The van der Waals surface area contributed by atoms with Crippen LogP contribution in [0.1, 0.15) is 66.4 Å². The summed E-state index contributed by atoms with van der Waals surface area (Å²) in [6.07, 6.45) is 6.15. The summed E-state index contributed by atoms with van der Waals surface area (Å²) in [6.45, 7) is 1.94. The van der Waals surface area contributed by atoms with Crippen LogP contribution in [0.2, 0.25) is 0 Å². The number of carbonyl (C=O) groups is 2. The number of rotatable bonds is 3. The Bertz CT molecular complexity index is 917. The van der Waals surface area contributed by atoms with E-state index >= 15 is 0 Å². The monoisotopic (exact) mass is 488 g/mol. The molecule has 159 valence electrons. The first kappa shape index (κ1) is 22.4. The van der Waals surface area contributed by atoms with Crippen LogP contribution in [0.3, 0.4) is 0 Å². The second-order valence-electron chi connectivity index (χ2n) is 10.2. The third-order valence-electron chi connectivity index (χ3n) is 8.79. The van der Waals surface area contributed by atoms with Crippen LogP contribution in [0.5, 0.6) is 5.75 Å². The fraction of sp³-hybridized carbons (Fsp3) is 0.652. The van der Waals surface area contributed by atoms with Crippen LogP contribution in [-0.2, 0) is 49.3 Å². The number of amides is 1. The second kappa shape index (κ2) is 7.36. The summed E-state index contributed by atoms with van der Waals surface area (Å²) in [6, 6.07) is 3.46. The van der Waals surface area contributed by atoms with Gasteiger partial charge in [-0.3, -0.25) is 9.59 Å². The zero-order valence-corrected chi connectivity index (χ0v) is 20.5. The van der Waals surface area contributed by atoms with Gasteiger partial charge in [-0.2, -0.15) is 0 Å². The summed E-state index contributed by atoms with van der Waals surface area (Å²) in [4.78, 5) is 24.5. The van der Waals surface area contributed by atoms with E-state index in [1.165, 1.54) is 19.3 Å². The van der Waals surface area contributed by atoms with E-state index in [4.69, 9.17) is 5.73 Å². The van der Waals surface area contributed by atoms with Crippen molar-refractivity contribution in [3.05, 3.63) is 28.8 Å². The molecule has 2 saturated carbocycles. The molecule has 4 N–H and O–H groups in total. The van der Waals surface area contributed by atoms with Crippen molar-refractivity contribution in [2.24, 2.45) is 11.7 Å². The molecular weight excluding hydrogens is 457 g/mol. The average Bonchev–Trinajstić information content (AvgIpc) is 2.62. The topological polar surface area (TPSA) is 101 Å². The fourth-order valence-corrected chi connectivity index (χ4v) is 7.10. The smallest absolute Gasteiger partial charge is 0.252 e. The predicted octanol–water partition coefficient (Wildman–Crippen LogP) is 1.79. The van der Waals surface area contributed by atoms with Gasteiger partial charge >= 0.3 is 0 Å². The molecule has 3 aliphatic carbocycles. The van der Waals surface area contributed by atoms with E-state index in [0.29, 0.717) is 37.2 Å². The number of hydrogen-bond donors (Lipinski definition) is 3. The Morgan fingerprint density at radius 1 is 1.30 bits per heavy atom. The summed E-state index contributed by atoms with van der Waals surface area (Å²) in [5.41, 5.74) is 5.25. The van der Waals surface area contributed by atoms with Gasteiger partial charge in [-0.05, 0) is 30.9 Å². The predicted molar refractivity (Wildman–Crippen MR) is 107 cm³/mol. The van der Waals surface area contributed by atoms with Gasteiger partial charge in [0.2, 0.25) is 0 Å². The minimum absolute atomic E-state index is 0. The quantitative estimate of drug-likeness (QED) is 0.565. The molecule has 1 aromatic carbocycles. The van der Waals surface area contributed by atoms with Crippen molar-refractivity contribution in [3.8, 4) is 5.75 Å². The minimum atomic E-state index is -1.06. The first-order valence-electron chi connectivity index (χ1n) is 10.9. The maximum atomic E-state index is 12.6. The minimum Gasteiger partial charge on any atom is -0.507 e. The molecule has 7 heteroatoms. The van der Waals surface area contributed by atoms with Gasteiger partial charge < -0.3 is 20.4 Å². The third-order valence-corrected chi connectivity index (χ3v) is 8.79. The number of benzene rings is 1. The van der Waals surface area contributed by atoms with Crippen LogP contribution in [0.25, 0.3) is 0 Å². The van der Waals surface area contributed by atoms with Gasteiger partial charge in [-0.1, -0.05) is 12.5 Å². The molecule has 4 atom stereocenters. The molecule has 1 radical (unpaired) electrons. The zero-order valence-electron chi connectivity index (χ0n) is 17.7. The molecule has 1 unspecified atom stereocenters. The van der Waals surface area contributed by atoms with Gasteiger partial charge in [0.15, 0.2) is 0 Å². The Labute approximate surface area is 202 Å². The first-order chi connectivity index (χ1) is 13.7. The molecule has 1 saturated heterocycles. The number of ketones is 1. The maximum Gasteiger partial charge on any atom is 0.252 e. The summed E-state index contributed by atoms with van der Waals surface area (Å²) in [7, 11) is 2.27. The van der Waals surface area contributed by atoms with E-state index in [2.05, 4.69) is 7.05 Å². The van der Waals surface area contributed by atoms with Crippen molar-refractivity contribution in [1.29, 1.82) is 0 Å². The van der Waals surface area contributed by atoms with Crippen molar-refractivity contribution >= 4 is 11.7 Å². The zero-order chi connectivity index (χ0) is 20.6. The number of piperidine rings is 1. The number of carbonyl (C=O) groups excluding carboxylic acids is 2. The van der Waals surface area contributed by atoms with Crippen molar-refractivity contribution in [1.82, 2.24) is 0 Å². The summed E-state index contributed by atoms with van der Waals surface area (Å²) >= 11 is 0. The number of phenols is 1. The molecule has 5 rings (SSSR count). The van der Waals surface area contributed by atoms with Crippen molar-refractivity contribution in [2.45, 2.75) is 68.4 Å². The van der Waals surface area contributed by atoms with Gasteiger partial charge in [-0.25, -0.2) is 0 Å². The largest absolute Gasteiger partial charge is 0.507 e. The number of nitrogens with zero attached hydrogens (tertiary/aromatic N) is 1. The van der Waals surface area contributed by atoms with Gasteiger partial charge in [0, 0.05) is 75.3 Å². The molecule has 6 nitrogen and oxygen atoms in total. The van der Waals surface area contributed by atoms with Crippen molar-refractivity contribution < 1.29 is 57.0 Å². The number of hydrogen-bond acceptors (Lipinski definition) is 4. The normalized spacial score (nSPS) is 37.4. The van der Waals surface area contributed by atoms with Gasteiger partial charge in [0.1, 0.15) is 23.2 Å². The Hall–Kier alpha value is -0.816. The van der Waals surface area contributed by atoms with Crippen LogP contribution in [0.4, 0.5) is 0 Å². The van der Waals surface area contributed by atoms with Crippen LogP contribution >= 0.6 is 0 Å². The molecule has 0 aromatic heterocycles. The van der Waals surface area contributed by atoms with E-state index in [0.717, 1.165) is 23.1 Å². The van der Waals surface area contributed by atoms with E-state index in [1.54, 1.807) is 6.07 Å². The number of primary amides is 1. The molecule has 1 aromatic rings. The number of fused-ring (bicyclic) bond motifs is 1. The number of likely N-dealkylation sites (N-methyl/N-ethyl adjacent to an activating group) is 1. The van der Waals surface area contributed by atoms with Crippen LogP contribution in [0.15, 0.2) is 12.1 Å². The van der Waals surface area contributed by atoms with Crippen molar-refractivity contribution in [3.63, 3.8) is 0 Å². The third kappa shape index (κ3) is 2.90. The number of Topliss-reactive ketones (excluding diaryl/α,β-unsaturated/α-hetero) is 1. The first-order valence-corrected chi connectivity index (χ1v) is 10.9. The van der Waals surface area contributed by atoms with Crippen LogP contribution < -0.4 is 5.73 Å². The second-order valence-corrected chi connectivity index (χ2v) is 10.2. The van der Waals surface area contributed by atoms with E-state index in [-0.39, 0.29) is 62.3 Å². The Morgan fingerprint density at radius 2 is 2.03 bits per heavy atom. The molecular formula is C23H31N2O4Y+. The van der Waals surface area contributed by atoms with Crippen LogP contribution in [-0.4, -0.2) is 58.2 Å². The maximum absolute atomic E-state index is 12.6. The van der Waals surface area contributed by atoms with Crippen molar-refractivity contribution in [2.75, 3.05) is 20.1 Å². The molecule has 1 amide bonds. The summed E-state index contributed by atoms with van der Waals surface area (Å²) in [5.74, 6) is 0.0289.